The summed E-state index contributed by atoms with van der Waals surface area (Å²) < 4.78 is 28.0. The minimum atomic E-state index is -3.71. The van der Waals surface area contributed by atoms with Crippen LogP contribution in [-0.4, -0.2) is 32.4 Å². The quantitative estimate of drug-likeness (QED) is 0.840. The molecule has 3 rings (SSSR count). The number of nitrogens with zero attached hydrogens (tertiary/aromatic N) is 2. The van der Waals surface area contributed by atoms with Gasteiger partial charge in [-0.25, -0.2) is 8.42 Å². The summed E-state index contributed by atoms with van der Waals surface area (Å²) in [5.74, 6) is 0. The summed E-state index contributed by atoms with van der Waals surface area (Å²) >= 11 is 6.30. The van der Waals surface area contributed by atoms with Crippen molar-refractivity contribution in [2.75, 3.05) is 19.6 Å². The molecule has 138 valence electrons. The minimum absolute atomic E-state index is 0. The highest BCUT2D eigenvalue weighted by Crippen LogP contribution is 2.33. The van der Waals surface area contributed by atoms with Gasteiger partial charge in [-0.05, 0) is 42.3 Å². The van der Waals surface area contributed by atoms with Gasteiger partial charge in [-0.3, -0.25) is 0 Å². The smallest absolute Gasteiger partial charge is 0.243 e. The van der Waals surface area contributed by atoms with Gasteiger partial charge in [0.15, 0.2) is 0 Å². The third kappa shape index (κ3) is 3.88. The van der Waals surface area contributed by atoms with E-state index in [4.69, 9.17) is 16.9 Å². The van der Waals surface area contributed by atoms with Crippen LogP contribution in [0.25, 0.3) is 0 Å². The SMILES string of the molecule is Cc1cc(C#N)ccc1S(=O)(=O)N1CCNCC1c1ccccc1Cl.Cl. The molecule has 1 heterocycles. The van der Waals surface area contributed by atoms with E-state index >= 15 is 0 Å². The fourth-order valence-electron chi connectivity index (χ4n) is 3.12. The molecular formula is C18H19Cl2N3O2S. The average Bonchev–Trinajstić information content (AvgIpc) is 2.61. The van der Waals surface area contributed by atoms with Crippen LogP contribution in [0.4, 0.5) is 0 Å². The molecule has 5 nitrogen and oxygen atoms in total. The van der Waals surface area contributed by atoms with E-state index in [9.17, 15) is 8.42 Å². The zero-order valence-electron chi connectivity index (χ0n) is 14.1. The number of aryl methyl sites for hydroxylation is 1. The number of piperazine rings is 1. The zero-order chi connectivity index (χ0) is 18.0. The van der Waals surface area contributed by atoms with Gasteiger partial charge in [0.1, 0.15) is 0 Å². The molecule has 8 heteroatoms. The van der Waals surface area contributed by atoms with Crippen molar-refractivity contribution in [1.82, 2.24) is 9.62 Å². The lowest BCUT2D eigenvalue weighted by molar-refractivity contribution is 0.271. The van der Waals surface area contributed by atoms with Crippen molar-refractivity contribution < 1.29 is 8.42 Å². The summed E-state index contributed by atoms with van der Waals surface area (Å²) in [6.07, 6.45) is 0. The first-order valence-corrected chi connectivity index (χ1v) is 9.74. The van der Waals surface area contributed by atoms with Crippen LogP contribution in [0.2, 0.25) is 5.02 Å². The van der Waals surface area contributed by atoms with E-state index in [-0.39, 0.29) is 23.3 Å². The van der Waals surface area contributed by atoms with Crippen LogP contribution >= 0.6 is 24.0 Å². The summed E-state index contributed by atoms with van der Waals surface area (Å²) in [6.45, 7) is 3.14. The van der Waals surface area contributed by atoms with Crippen molar-refractivity contribution in [3.63, 3.8) is 0 Å². The van der Waals surface area contributed by atoms with Gasteiger partial charge < -0.3 is 5.32 Å². The van der Waals surface area contributed by atoms with Crippen molar-refractivity contribution in [3.8, 4) is 6.07 Å². The second-order valence-electron chi connectivity index (χ2n) is 5.95. The monoisotopic (exact) mass is 411 g/mol. The van der Waals surface area contributed by atoms with Gasteiger partial charge in [-0.1, -0.05) is 29.8 Å². The summed E-state index contributed by atoms with van der Waals surface area (Å²) in [5.41, 5.74) is 1.79. The van der Waals surface area contributed by atoms with Gasteiger partial charge in [0.2, 0.25) is 10.0 Å². The van der Waals surface area contributed by atoms with Crippen molar-refractivity contribution in [2.45, 2.75) is 17.9 Å². The normalized spacial score (nSPS) is 18.0. The number of nitriles is 1. The van der Waals surface area contributed by atoms with Gasteiger partial charge >= 0.3 is 0 Å². The zero-order valence-corrected chi connectivity index (χ0v) is 16.5. The molecule has 26 heavy (non-hydrogen) atoms. The van der Waals surface area contributed by atoms with Crippen LogP contribution in [0.5, 0.6) is 0 Å². The Morgan fingerprint density at radius 3 is 2.65 bits per heavy atom. The van der Waals surface area contributed by atoms with Gasteiger partial charge in [0.05, 0.1) is 22.6 Å². The molecule has 0 aromatic heterocycles. The minimum Gasteiger partial charge on any atom is -0.313 e. The van der Waals surface area contributed by atoms with E-state index in [0.717, 1.165) is 5.56 Å². The first-order valence-electron chi connectivity index (χ1n) is 7.93. The molecule has 1 unspecified atom stereocenters. The van der Waals surface area contributed by atoms with Crippen LogP contribution in [0.15, 0.2) is 47.4 Å². The molecular weight excluding hydrogens is 393 g/mol. The van der Waals surface area contributed by atoms with E-state index < -0.39 is 10.0 Å². The second-order valence-corrected chi connectivity index (χ2v) is 8.22. The Morgan fingerprint density at radius 2 is 2.00 bits per heavy atom. The molecule has 2 aromatic rings. The standard InChI is InChI=1S/C18H18ClN3O2S.ClH/c1-13-10-14(11-20)6-7-18(13)25(23,24)22-9-8-21-12-17(22)15-4-2-3-5-16(15)19;/h2-7,10,17,21H,8-9,12H2,1H3;1H. The number of hydrogen-bond donors (Lipinski definition) is 1. The Bertz CT molecular complexity index is 942. The average molecular weight is 412 g/mol. The number of rotatable bonds is 3. The highest BCUT2D eigenvalue weighted by atomic mass is 35.5. The molecule has 0 spiro atoms. The highest BCUT2D eigenvalue weighted by Gasteiger charge is 2.36. The molecule has 1 fully saturated rings. The first kappa shape index (κ1) is 20.7. The predicted octanol–water partition coefficient (Wildman–Crippen LogP) is 3.28. The van der Waals surface area contributed by atoms with Crippen LogP contribution in [0.3, 0.4) is 0 Å². The van der Waals surface area contributed by atoms with E-state index in [1.54, 1.807) is 19.1 Å². The molecule has 1 aliphatic rings. The molecule has 1 N–H and O–H groups in total. The molecule has 2 aromatic carbocycles. The molecule has 1 atom stereocenters. The Morgan fingerprint density at radius 1 is 1.27 bits per heavy atom. The summed E-state index contributed by atoms with van der Waals surface area (Å²) in [5, 5.41) is 12.8. The largest absolute Gasteiger partial charge is 0.313 e. The van der Waals surface area contributed by atoms with Crippen LogP contribution in [0.1, 0.15) is 22.7 Å². The molecule has 1 saturated heterocycles. The maximum absolute atomic E-state index is 13.3. The first-order chi connectivity index (χ1) is 11.9. The van der Waals surface area contributed by atoms with Crippen LogP contribution in [-0.2, 0) is 10.0 Å². The Labute approximate surface area is 165 Å². The van der Waals surface area contributed by atoms with Crippen LogP contribution < -0.4 is 5.32 Å². The molecule has 0 aliphatic carbocycles. The summed E-state index contributed by atoms with van der Waals surface area (Å²) in [4.78, 5) is 0.227. The summed E-state index contributed by atoms with van der Waals surface area (Å²) in [7, 11) is -3.71. The van der Waals surface area contributed by atoms with Crippen molar-refractivity contribution in [3.05, 3.63) is 64.2 Å². The van der Waals surface area contributed by atoms with Gasteiger partial charge in [0.25, 0.3) is 0 Å². The van der Waals surface area contributed by atoms with Gasteiger partial charge in [0, 0.05) is 24.7 Å². The maximum atomic E-state index is 13.3. The van der Waals surface area contributed by atoms with Crippen LogP contribution in [0, 0.1) is 18.3 Å². The summed E-state index contributed by atoms with van der Waals surface area (Å²) in [6, 6.07) is 13.6. The van der Waals surface area contributed by atoms with Crippen molar-refractivity contribution >= 4 is 34.0 Å². The van der Waals surface area contributed by atoms with E-state index in [1.165, 1.54) is 16.4 Å². The molecule has 1 aliphatic heterocycles. The Balaban J connectivity index is 0.00000243. The Kier molecular flexibility index (Phi) is 6.67. The Hall–Kier alpha value is -1.62. The second kappa shape index (κ2) is 8.38. The molecule has 0 saturated carbocycles. The van der Waals surface area contributed by atoms with Gasteiger partial charge in [-0.2, -0.15) is 9.57 Å². The lowest BCUT2D eigenvalue weighted by Crippen LogP contribution is -2.48. The predicted molar refractivity (Wildman–Crippen MR) is 104 cm³/mol. The number of hydrogen-bond acceptors (Lipinski definition) is 4. The van der Waals surface area contributed by atoms with E-state index in [1.807, 2.05) is 24.3 Å². The van der Waals surface area contributed by atoms with Crippen molar-refractivity contribution in [2.24, 2.45) is 0 Å². The third-order valence-corrected chi connectivity index (χ3v) is 6.76. The lowest BCUT2D eigenvalue weighted by atomic mass is 10.1. The fourth-order valence-corrected chi connectivity index (χ4v) is 5.19. The number of nitrogens with one attached hydrogen (secondary N) is 1. The maximum Gasteiger partial charge on any atom is 0.243 e. The number of halogens is 2. The van der Waals surface area contributed by atoms with Gasteiger partial charge in [-0.15, -0.1) is 12.4 Å². The molecule has 0 amide bonds. The fraction of sp³-hybridized carbons (Fsp3) is 0.278. The number of benzene rings is 2. The number of sulfonamides is 1. The van der Waals surface area contributed by atoms with Crippen molar-refractivity contribution in [1.29, 1.82) is 5.26 Å². The topological polar surface area (TPSA) is 73.2 Å². The third-order valence-electron chi connectivity index (χ3n) is 4.35. The lowest BCUT2D eigenvalue weighted by Gasteiger charge is -2.36. The highest BCUT2D eigenvalue weighted by molar-refractivity contribution is 7.89. The van der Waals surface area contributed by atoms with E-state index in [0.29, 0.717) is 35.8 Å². The molecule has 0 radical (unpaired) electrons. The van der Waals surface area contributed by atoms with E-state index in [2.05, 4.69) is 5.32 Å². The molecule has 0 bridgehead atoms.